The van der Waals surface area contributed by atoms with E-state index in [2.05, 4.69) is 26.1 Å². The third-order valence-electron chi connectivity index (χ3n) is 4.78. The van der Waals surface area contributed by atoms with E-state index in [9.17, 15) is 4.39 Å². The van der Waals surface area contributed by atoms with Gasteiger partial charge in [-0.25, -0.2) is 4.39 Å². The molecule has 1 aliphatic rings. The molecule has 4 rings (SSSR count). The maximum absolute atomic E-state index is 14.8. The van der Waals surface area contributed by atoms with Crippen LogP contribution >= 0.6 is 0 Å². The molecule has 3 heterocycles. The summed E-state index contributed by atoms with van der Waals surface area (Å²) in [4.78, 5) is 6.58. The monoisotopic (exact) mass is 310 g/mol. The van der Waals surface area contributed by atoms with Crippen LogP contribution in [-0.2, 0) is 0 Å². The Morgan fingerprint density at radius 3 is 2.74 bits per heavy atom. The molecule has 118 valence electrons. The number of pyridine rings is 1. The highest BCUT2D eigenvalue weighted by atomic mass is 19.1. The van der Waals surface area contributed by atoms with Crippen LogP contribution in [0, 0.1) is 12.7 Å². The molecule has 1 fully saturated rings. The topological polar surface area (TPSA) is 44.8 Å². The van der Waals surface area contributed by atoms with Crippen molar-refractivity contribution in [2.45, 2.75) is 25.7 Å². The number of nitrogens with one attached hydrogen (secondary N) is 1. The van der Waals surface area contributed by atoms with Crippen molar-refractivity contribution in [3.63, 3.8) is 0 Å². The number of aromatic amines is 1. The minimum atomic E-state index is -0.219. The summed E-state index contributed by atoms with van der Waals surface area (Å²) in [7, 11) is 0. The molecule has 4 nitrogen and oxygen atoms in total. The first kappa shape index (κ1) is 14.2. The molecule has 0 bridgehead atoms. The normalized spacial score (nSPS) is 16.2. The first-order chi connectivity index (χ1) is 11.2. The Kier molecular flexibility index (Phi) is 3.48. The highest BCUT2D eigenvalue weighted by Gasteiger charge is 2.24. The van der Waals surface area contributed by atoms with Gasteiger partial charge in [0.2, 0.25) is 0 Å². The molecule has 1 N–H and O–H groups in total. The van der Waals surface area contributed by atoms with Gasteiger partial charge in [0.25, 0.3) is 0 Å². The molecule has 0 spiro atoms. The maximum Gasteiger partial charge on any atom is 0.174 e. The van der Waals surface area contributed by atoms with E-state index in [1.54, 1.807) is 0 Å². The van der Waals surface area contributed by atoms with Crippen LogP contribution in [0.3, 0.4) is 0 Å². The van der Waals surface area contributed by atoms with Crippen molar-refractivity contribution in [2.24, 2.45) is 0 Å². The van der Waals surface area contributed by atoms with Gasteiger partial charge >= 0.3 is 0 Å². The molecule has 0 unspecified atom stereocenters. The molecule has 0 radical (unpaired) electrons. The molecule has 1 aromatic carbocycles. The molecular formula is C18H19FN4. The number of H-pyrrole nitrogens is 1. The number of halogens is 1. The molecule has 0 atom stereocenters. The summed E-state index contributed by atoms with van der Waals surface area (Å²) < 4.78 is 14.8. The van der Waals surface area contributed by atoms with Crippen LogP contribution in [-0.4, -0.2) is 28.3 Å². The van der Waals surface area contributed by atoms with Gasteiger partial charge < -0.3 is 4.90 Å². The molecule has 2 aromatic heterocycles. The second-order valence-corrected chi connectivity index (χ2v) is 6.16. The van der Waals surface area contributed by atoms with Gasteiger partial charge in [-0.3, -0.25) is 10.1 Å². The minimum absolute atomic E-state index is 0.219. The van der Waals surface area contributed by atoms with Gasteiger partial charge in [-0.15, -0.1) is 0 Å². The largest absolute Gasteiger partial charge is 0.369 e. The summed E-state index contributed by atoms with van der Waals surface area (Å²) in [6.45, 7) is 3.59. The summed E-state index contributed by atoms with van der Waals surface area (Å²) in [5, 5.41) is 7.81. The minimum Gasteiger partial charge on any atom is -0.369 e. The first-order valence-corrected chi connectivity index (χ1v) is 8.03. The summed E-state index contributed by atoms with van der Waals surface area (Å²) in [6, 6.07) is 9.88. The lowest BCUT2D eigenvalue weighted by molar-refractivity contribution is 0.490. The number of aromatic nitrogens is 3. The van der Waals surface area contributed by atoms with Crippen LogP contribution in [0.25, 0.3) is 10.9 Å². The predicted octanol–water partition coefficient (Wildman–Crippen LogP) is 3.79. The van der Waals surface area contributed by atoms with E-state index >= 15 is 0 Å². The van der Waals surface area contributed by atoms with E-state index in [-0.39, 0.29) is 5.82 Å². The van der Waals surface area contributed by atoms with E-state index in [4.69, 9.17) is 0 Å². The zero-order chi connectivity index (χ0) is 15.8. The fraction of sp³-hybridized carbons (Fsp3) is 0.333. The van der Waals surface area contributed by atoms with Gasteiger partial charge in [0.1, 0.15) is 5.52 Å². The highest BCUT2D eigenvalue weighted by Crippen LogP contribution is 2.33. The number of fused-ring (bicyclic) bond motifs is 1. The summed E-state index contributed by atoms with van der Waals surface area (Å²) in [6.07, 6.45) is 3.83. The van der Waals surface area contributed by atoms with Gasteiger partial charge in [-0.2, -0.15) is 5.10 Å². The van der Waals surface area contributed by atoms with Gasteiger partial charge in [0.05, 0.1) is 5.69 Å². The first-order valence-electron chi connectivity index (χ1n) is 8.03. The van der Waals surface area contributed by atoms with Gasteiger partial charge in [-0.05, 0) is 44.0 Å². The van der Waals surface area contributed by atoms with Crippen molar-refractivity contribution in [1.82, 2.24) is 15.2 Å². The molecule has 23 heavy (non-hydrogen) atoms. The van der Waals surface area contributed by atoms with Crippen LogP contribution in [0.5, 0.6) is 0 Å². The van der Waals surface area contributed by atoms with E-state index in [0.29, 0.717) is 17.1 Å². The average Bonchev–Trinajstić information content (AvgIpc) is 2.98. The third-order valence-corrected chi connectivity index (χ3v) is 4.78. The zero-order valence-electron chi connectivity index (χ0n) is 13.1. The fourth-order valence-electron chi connectivity index (χ4n) is 3.44. The summed E-state index contributed by atoms with van der Waals surface area (Å²) in [5.41, 5.74) is 3.14. The Labute approximate surface area is 134 Å². The lowest BCUT2D eigenvalue weighted by Gasteiger charge is -2.33. The average molecular weight is 310 g/mol. The Morgan fingerprint density at radius 2 is 2.00 bits per heavy atom. The van der Waals surface area contributed by atoms with Crippen LogP contribution in [0.4, 0.5) is 10.1 Å². The molecule has 0 saturated carbocycles. The second kappa shape index (κ2) is 5.65. The maximum atomic E-state index is 14.8. The number of aryl methyl sites for hydroxylation is 1. The van der Waals surface area contributed by atoms with E-state index in [1.165, 1.54) is 0 Å². The van der Waals surface area contributed by atoms with E-state index in [0.717, 1.165) is 42.7 Å². The number of benzene rings is 1. The molecule has 0 amide bonds. The Morgan fingerprint density at radius 1 is 1.17 bits per heavy atom. The predicted molar refractivity (Wildman–Crippen MR) is 89.2 cm³/mol. The Bertz CT molecular complexity index is 820. The van der Waals surface area contributed by atoms with Crippen molar-refractivity contribution < 1.29 is 4.39 Å². The van der Waals surface area contributed by atoms with Crippen LogP contribution in [0.15, 0.2) is 36.5 Å². The van der Waals surface area contributed by atoms with Crippen LogP contribution in [0.2, 0.25) is 0 Å². The molecule has 0 aliphatic carbocycles. The fourth-order valence-corrected chi connectivity index (χ4v) is 3.44. The summed E-state index contributed by atoms with van der Waals surface area (Å²) >= 11 is 0. The number of hydrogen-bond acceptors (Lipinski definition) is 3. The number of hydrogen-bond donors (Lipinski definition) is 1. The van der Waals surface area contributed by atoms with E-state index in [1.807, 2.05) is 37.4 Å². The summed E-state index contributed by atoms with van der Waals surface area (Å²) in [5.74, 6) is 0.245. The molecule has 3 aromatic rings. The highest BCUT2D eigenvalue weighted by molar-refractivity contribution is 5.85. The SMILES string of the molecule is Cc1[nH]nc2c(F)c(N3CCC(c4ccccn4)CC3)ccc12. The molecule has 1 saturated heterocycles. The van der Waals surface area contributed by atoms with Crippen molar-refractivity contribution in [1.29, 1.82) is 0 Å². The number of rotatable bonds is 2. The number of piperidine rings is 1. The van der Waals surface area contributed by atoms with Gasteiger partial charge in [0.15, 0.2) is 5.82 Å². The smallest absolute Gasteiger partial charge is 0.174 e. The quantitative estimate of drug-likeness (QED) is 0.783. The lowest BCUT2D eigenvalue weighted by Crippen LogP contribution is -2.33. The standard InChI is InChI=1S/C18H19FN4/c1-12-14-5-6-16(17(19)18(14)22-21-12)23-10-7-13(8-11-23)15-4-2-3-9-20-15/h2-6,9,13H,7-8,10-11H2,1H3,(H,21,22). The Hall–Kier alpha value is -2.43. The van der Waals surface area contributed by atoms with Crippen molar-refractivity contribution >= 4 is 16.6 Å². The van der Waals surface area contributed by atoms with Crippen molar-refractivity contribution in [3.8, 4) is 0 Å². The number of anilines is 1. The Balaban J connectivity index is 1.56. The van der Waals surface area contributed by atoms with E-state index < -0.39 is 0 Å². The van der Waals surface area contributed by atoms with Crippen LogP contribution in [0.1, 0.15) is 30.1 Å². The molecular weight excluding hydrogens is 291 g/mol. The van der Waals surface area contributed by atoms with Crippen molar-refractivity contribution in [3.05, 3.63) is 53.7 Å². The van der Waals surface area contributed by atoms with Crippen LogP contribution < -0.4 is 4.90 Å². The van der Waals surface area contributed by atoms with Crippen molar-refractivity contribution in [2.75, 3.05) is 18.0 Å². The third kappa shape index (κ3) is 2.46. The lowest BCUT2D eigenvalue weighted by atomic mass is 9.92. The zero-order valence-corrected chi connectivity index (χ0v) is 13.1. The second-order valence-electron chi connectivity index (χ2n) is 6.16. The molecule has 1 aliphatic heterocycles. The number of nitrogens with zero attached hydrogens (tertiary/aromatic N) is 3. The van der Waals surface area contributed by atoms with Gasteiger partial charge in [0, 0.05) is 42.0 Å². The molecule has 5 heteroatoms. The van der Waals surface area contributed by atoms with Gasteiger partial charge in [-0.1, -0.05) is 6.07 Å².